The van der Waals surface area contributed by atoms with Crippen LogP contribution in [0.1, 0.15) is 11.4 Å². The maximum atomic E-state index is 12.0. The predicted molar refractivity (Wildman–Crippen MR) is 79.3 cm³/mol. The summed E-state index contributed by atoms with van der Waals surface area (Å²) >= 11 is 0. The molecule has 3 aromatic rings. The fourth-order valence-electron chi connectivity index (χ4n) is 2.14. The van der Waals surface area contributed by atoms with E-state index in [1.165, 1.54) is 7.11 Å². The number of hydrogen-bond acceptors (Lipinski definition) is 5. The van der Waals surface area contributed by atoms with Gasteiger partial charge in [-0.05, 0) is 5.56 Å². The van der Waals surface area contributed by atoms with Crippen LogP contribution in [0.15, 0.2) is 42.7 Å². The van der Waals surface area contributed by atoms with Crippen molar-refractivity contribution in [1.29, 1.82) is 0 Å². The normalized spacial score (nSPS) is 10.6. The molecule has 0 saturated heterocycles. The molecule has 7 nitrogen and oxygen atoms in total. The molecule has 0 bridgehead atoms. The number of methoxy groups -OCH3 is 1. The largest absolute Gasteiger partial charge is 0.478 e. The third-order valence-corrected chi connectivity index (χ3v) is 3.21. The van der Waals surface area contributed by atoms with Crippen molar-refractivity contribution in [1.82, 2.24) is 24.9 Å². The number of amides is 1. The number of nitrogens with zero attached hydrogens (tertiary/aromatic N) is 4. The van der Waals surface area contributed by atoms with Gasteiger partial charge in [0.25, 0.3) is 5.88 Å². The van der Waals surface area contributed by atoms with Gasteiger partial charge in [-0.2, -0.15) is 0 Å². The molecule has 2 heterocycles. The van der Waals surface area contributed by atoms with Crippen LogP contribution < -0.4 is 10.1 Å². The molecule has 0 aliphatic heterocycles. The average molecular weight is 297 g/mol. The Labute approximate surface area is 127 Å². The van der Waals surface area contributed by atoms with E-state index in [9.17, 15) is 4.79 Å². The second-order valence-electron chi connectivity index (χ2n) is 4.69. The number of hydrogen-bond donors (Lipinski definition) is 1. The van der Waals surface area contributed by atoms with Gasteiger partial charge in [-0.1, -0.05) is 30.3 Å². The Balaban J connectivity index is 1.68. The summed E-state index contributed by atoms with van der Waals surface area (Å²) in [6.45, 7) is 0.292. The molecule has 0 fully saturated rings. The molecule has 1 N–H and O–H groups in total. The molecular formula is C15H15N5O2. The highest BCUT2D eigenvalue weighted by Gasteiger charge is 2.11. The van der Waals surface area contributed by atoms with Crippen molar-refractivity contribution in [2.75, 3.05) is 7.11 Å². The van der Waals surface area contributed by atoms with Gasteiger partial charge in [0.05, 0.1) is 20.1 Å². The van der Waals surface area contributed by atoms with E-state index in [4.69, 9.17) is 4.74 Å². The fourth-order valence-corrected chi connectivity index (χ4v) is 2.14. The van der Waals surface area contributed by atoms with Gasteiger partial charge in [0, 0.05) is 12.4 Å². The highest BCUT2D eigenvalue weighted by atomic mass is 16.5. The average Bonchev–Trinajstić information content (AvgIpc) is 2.97. The Morgan fingerprint density at radius 3 is 2.86 bits per heavy atom. The summed E-state index contributed by atoms with van der Waals surface area (Å²) in [4.78, 5) is 16.0. The van der Waals surface area contributed by atoms with Crippen LogP contribution in [0.2, 0.25) is 0 Å². The third-order valence-electron chi connectivity index (χ3n) is 3.21. The van der Waals surface area contributed by atoms with Crippen LogP contribution in [-0.2, 0) is 17.8 Å². The van der Waals surface area contributed by atoms with Crippen molar-refractivity contribution in [3.63, 3.8) is 0 Å². The van der Waals surface area contributed by atoms with E-state index in [2.05, 4.69) is 20.5 Å². The molecule has 7 heteroatoms. The first-order chi connectivity index (χ1) is 10.8. The first-order valence-electron chi connectivity index (χ1n) is 6.81. The third kappa shape index (κ3) is 2.88. The summed E-state index contributed by atoms with van der Waals surface area (Å²) in [5, 5.41) is 10.9. The molecule has 0 radical (unpaired) electrons. The van der Waals surface area contributed by atoms with E-state index >= 15 is 0 Å². The van der Waals surface area contributed by atoms with E-state index in [0.29, 0.717) is 30.3 Å². The Morgan fingerprint density at radius 1 is 1.27 bits per heavy atom. The highest BCUT2D eigenvalue weighted by Crippen LogP contribution is 2.13. The smallest absolute Gasteiger partial charge is 0.260 e. The van der Waals surface area contributed by atoms with E-state index < -0.39 is 0 Å². The number of carbonyl (C=O) groups is 1. The minimum atomic E-state index is -0.0658. The molecule has 0 atom stereocenters. The molecule has 0 aliphatic rings. The van der Waals surface area contributed by atoms with Crippen molar-refractivity contribution < 1.29 is 9.53 Å². The zero-order valence-electron chi connectivity index (χ0n) is 12.1. The molecule has 0 aliphatic carbocycles. The zero-order chi connectivity index (χ0) is 15.4. The maximum absolute atomic E-state index is 12.0. The first kappa shape index (κ1) is 14.0. The number of fused-ring (bicyclic) bond motifs is 1. The van der Waals surface area contributed by atoms with Gasteiger partial charge < -0.3 is 10.1 Å². The summed E-state index contributed by atoms with van der Waals surface area (Å²) in [5.41, 5.74) is 1.49. The van der Waals surface area contributed by atoms with Gasteiger partial charge in [-0.3, -0.25) is 9.20 Å². The number of aromatic nitrogens is 4. The quantitative estimate of drug-likeness (QED) is 0.759. The number of carbonyl (C=O) groups excluding carboxylic acids is 1. The molecule has 0 unspecified atom stereocenters. The second kappa shape index (κ2) is 6.21. The van der Waals surface area contributed by atoms with Gasteiger partial charge in [0.15, 0.2) is 5.82 Å². The van der Waals surface area contributed by atoms with Crippen molar-refractivity contribution in [2.24, 2.45) is 0 Å². The van der Waals surface area contributed by atoms with Crippen LogP contribution in [0, 0.1) is 0 Å². The molecule has 1 amide bonds. The van der Waals surface area contributed by atoms with E-state index in [1.807, 2.05) is 30.3 Å². The second-order valence-corrected chi connectivity index (χ2v) is 4.69. The SMILES string of the molecule is COc1nccn2c(CNC(=O)Cc3ccccc3)nnc12. The zero-order valence-corrected chi connectivity index (χ0v) is 12.1. The Bertz CT molecular complexity index is 785. The van der Waals surface area contributed by atoms with Crippen LogP contribution in [0.5, 0.6) is 5.88 Å². The fraction of sp³-hybridized carbons (Fsp3) is 0.200. The summed E-state index contributed by atoms with van der Waals surface area (Å²) in [5.74, 6) is 0.956. The Morgan fingerprint density at radius 2 is 2.09 bits per heavy atom. The van der Waals surface area contributed by atoms with Gasteiger partial charge in [0.2, 0.25) is 11.6 Å². The lowest BCUT2D eigenvalue weighted by atomic mass is 10.1. The van der Waals surface area contributed by atoms with E-state index in [1.54, 1.807) is 16.8 Å². The van der Waals surface area contributed by atoms with Gasteiger partial charge in [0.1, 0.15) is 0 Å². The van der Waals surface area contributed by atoms with Crippen LogP contribution in [-0.4, -0.2) is 32.6 Å². The highest BCUT2D eigenvalue weighted by molar-refractivity contribution is 5.78. The molecule has 112 valence electrons. The summed E-state index contributed by atoms with van der Waals surface area (Å²) in [6.07, 6.45) is 3.67. The monoisotopic (exact) mass is 297 g/mol. The van der Waals surface area contributed by atoms with Gasteiger partial charge in [-0.25, -0.2) is 4.98 Å². The minimum Gasteiger partial charge on any atom is -0.478 e. The minimum absolute atomic E-state index is 0.0658. The summed E-state index contributed by atoms with van der Waals surface area (Å²) in [7, 11) is 1.53. The van der Waals surface area contributed by atoms with Crippen molar-refractivity contribution in [3.05, 3.63) is 54.1 Å². The van der Waals surface area contributed by atoms with Crippen molar-refractivity contribution in [3.8, 4) is 5.88 Å². The van der Waals surface area contributed by atoms with E-state index in [-0.39, 0.29) is 5.91 Å². The first-order valence-corrected chi connectivity index (χ1v) is 6.81. The van der Waals surface area contributed by atoms with Crippen molar-refractivity contribution in [2.45, 2.75) is 13.0 Å². The molecular weight excluding hydrogens is 282 g/mol. The summed E-state index contributed by atoms with van der Waals surface area (Å²) < 4.78 is 6.87. The number of nitrogens with one attached hydrogen (secondary N) is 1. The molecule has 22 heavy (non-hydrogen) atoms. The number of ether oxygens (including phenoxy) is 1. The van der Waals surface area contributed by atoms with Crippen LogP contribution in [0.3, 0.4) is 0 Å². The molecule has 3 rings (SSSR count). The predicted octanol–water partition coefficient (Wildman–Crippen LogP) is 0.992. The van der Waals surface area contributed by atoms with Crippen LogP contribution in [0.4, 0.5) is 0 Å². The van der Waals surface area contributed by atoms with Crippen LogP contribution >= 0.6 is 0 Å². The van der Waals surface area contributed by atoms with E-state index in [0.717, 1.165) is 5.56 Å². The molecule has 2 aromatic heterocycles. The number of benzene rings is 1. The molecule has 0 saturated carbocycles. The maximum Gasteiger partial charge on any atom is 0.260 e. The number of rotatable bonds is 5. The lowest BCUT2D eigenvalue weighted by Gasteiger charge is -2.05. The lowest BCUT2D eigenvalue weighted by Crippen LogP contribution is -2.25. The molecule has 0 spiro atoms. The lowest BCUT2D eigenvalue weighted by molar-refractivity contribution is -0.120. The van der Waals surface area contributed by atoms with Gasteiger partial charge >= 0.3 is 0 Å². The topological polar surface area (TPSA) is 81.4 Å². The standard InChI is InChI=1S/C15H15N5O2/c1-22-15-14-19-18-12(20(14)8-7-16-15)10-17-13(21)9-11-5-3-2-4-6-11/h2-8H,9-10H2,1H3,(H,17,21). The van der Waals surface area contributed by atoms with Crippen LogP contribution in [0.25, 0.3) is 5.65 Å². The molecule has 1 aromatic carbocycles. The Hall–Kier alpha value is -2.96. The van der Waals surface area contributed by atoms with Crippen molar-refractivity contribution >= 4 is 11.6 Å². The van der Waals surface area contributed by atoms with Gasteiger partial charge in [-0.15, -0.1) is 10.2 Å². The Kier molecular flexibility index (Phi) is 3.95. The summed E-state index contributed by atoms with van der Waals surface area (Å²) in [6, 6.07) is 9.58.